The second kappa shape index (κ2) is 6.86. The third-order valence-electron chi connectivity index (χ3n) is 4.40. The fourth-order valence-corrected chi connectivity index (χ4v) is 2.86. The summed E-state index contributed by atoms with van der Waals surface area (Å²) in [4.78, 5) is 14.7. The van der Waals surface area contributed by atoms with E-state index in [1.807, 2.05) is 29.2 Å². The molecule has 2 aromatic carbocycles. The van der Waals surface area contributed by atoms with Crippen LogP contribution in [0, 0.1) is 0 Å². The first-order valence-electron chi connectivity index (χ1n) is 8.37. The molecule has 0 aliphatic heterocycles. The topological polar surface area (TPSA) is 46.3 Å². The van der Waals surface area contributed by atoms with Crippen molar-refractivity contribution in [2.75, 3.05) is 5.73 Å². The summed E-state index contributed by atoms with van der Waals surface area (Å²) in [7, 11) is 0. The summed E-state index contributed by atoms with van der Waals surface area (Å²) in [5.41, 5.74) is 10.0. The van der Waals surface area contributed by atoms with Crippen molar-refractivity contribution >= 4 is 11.6 Å². The van der Waals surface area contributed by atoms with E-state index in [0.717, 1.165) is 24.8 Å². The minimum absolute atomic E-state index is 0.192. The van der Waals surface area contributed by atoms with Gasteiger partial charge in [0.15, 0.2) is 0 Å². The lowest BCUT2D eigenvalue weighted by Crippen LogP contribution is -2.33. The molecule has 2 aromatic rings. The molecule has 120 valence electrons. The molecule has 1 saturated carbocycles. The number of amides is 1. The molecule has 1 aliphatic carbocycles. The molecule has 2 N–H and O–H groups in total. The molecule has 0 spiro atoms. The van der Waals surface area contributed by atoms with Gasteiger partial charge in [0.1, 0.15) is 0 Å². The van der Waals surface area contributed by atoms with Crippen LogP contribution in [-0.4, -0.2) is 16.8 Å². The van der Waals surface area contributed by atoms with Crippen LogP contribution < -0.4 is 5.73 Å². The van der Waals surface area contributed by atoms with Crippen LogP contribution in [-0.2, 0) is 24.2 Å². The minimum atomic E-state index is 0.192. The fourth-order valence-electron chi connectivity index (χ4n) is 2.86. The van der Waals surface area contributed by atoms with Crippen LogP contribution in [0.25, 0.3) is 0 Å². The van der Waals surface area contributed by atoms with Crippen LogP contribution in [0.15, 0.2) is 48.5 Å². The molecule has 3 heteroatoms. The maximum atomic E-state index is 12.7. The maximum Gasteiger partial charge on any atom is 0.227 e. The number of aryl methyl sites for hydroxylation is 1. The number of rotatable bonds is 6. The Kier molecular flexibility index (Phi) is 4.65. The van der Waals surface area contributed by atoms with E-state index in [1.54, 1.807) is 0 Å². The maximum absolute atomic E-state index is 12.7. The Bertz CT molecular complexity index is 674. The quantitative estimate of drug-likeness (QED) is 0.829. The molecular formula is C20H24N2O. The molecule has 1 fully saturated rings. The van der Waals surface area contributed by atoms with E-state index >= 15 is 0 Å². The number of carbonyl (C=O) groups excluding carboxylic acids is 1. The highest BCUT2D eigenvalue weighted by molar-refractivity contribution is 5.79. The Balaban J connectivity index is 1.69. The van der Waals surface area contributed by atoms with Gasteiger partial charge in [-0.3, -0.25) is 4.79 Å². The summed E-state index contributed by atoms with van der Waals surface area (Å²) >= 11 is 0. The highest BCUT2D eigenvalue weighted by atomic mass is 16.2. The van der Waals surface area contributed by atoms with E-state index in [9.17, 15) is 4.79 Å². The zero-order chi connectivity index (χ0) is 16.2. The predicted octanol–water partition coefficient (Wildman–Crippen LogP) is 3.56. The molecule has 1 amide bonds. The van der Waals surface area contributed by atoms with E-state index in [0.29, 0.717) is 24.7 Å². The summed E-state index contributed by atoms with van der Waals surface area (Å²) < 4.78 is 0. The lowest BCUT2D eigenvalue weighted by atomic mass is 10.1. The Hall–Kier alpha value is -2.29. The lowest BCUT2D eigenvalue weighted by molar-refractivity contribution is -0.131. The minimum Gasteiger partial charge on any atom is -0.399 e. The molecule has 0 atom stereocenters. The first-order valence-corrected chi connectivity index (χ1v) is 8.37. The van der Waals surface area contributed by atoms with Crippen LogP contribution in [0.5, 0.6) is 0 Å². The summed E-state index contributed by atoms with van der Waals surface area (Å²) in [5, 5.41) is 0. The first kappa shape index (κ1) is 15.6. The molecule has 0 radical (unpaired) electrons. The number of hydrogen-bond donors (Lipinski definition) is 1. The van der Waals surface area contributed by atoms with Crippen molar-refractivity contribution in [1.82, 2.24) is 4.90 Å². The fraction of sp³-hybridized carbons (Fsp3) is 0.350. The number of benzene rings is 2. The summed E-state index contributed by atoms with van der Waals surface area (Å²) in [6.07, 6.45) is 3.71. The number of nitrogens with zero attached hydrogens (tertiary/aromatic N) is 1. The van der Waals surface area contributed by atoms with Gasteiger partial charge in [-0.25, -0.2) is 0 Å². The Morgan fingerprint density at radius 1 is 1.09 bits per heavy atom. The van der Waals surface area contributed by atoms with E-state index in [1.165, 1.54) is 11.1 Å². The van der Waals surface area contributed by atoms with Crippen molar-refractivity contribution in [3.05, 3.63) is 65.2 Å². The van der Waals surface area contributed by atoms with Gasteiger partial charge in [0, 0.05) is 18.3 Å². The van der Waals surface area contributed by atoms with Gasteiger partial charge in [-0.15, -0.1) is 0 Å². The molecule has 3 rings (SSSR count). The zero-order valence-electron chi connectivity index (χ0n) is 13.7. The summed E-state index contributed by atoms with van der Waals surface area (Å²) in [6.45, 7) is 2.86. The first-order chi connectivity index (χ1) is 11.2. The van der Waals surface area contributed by atoms with Crippen LogP contribution in [0.3, 0.4) is 0 Å². The molecule has 0 saturated heterocycles. The number of carbonyl (C=O) groups is 1. The lowest BCUT2D eigenvalue weighted by Gasteiger charge is -2.23. The van der Waals surface area contributed by atoms with Crippen LogP contribution in [0.1, 0.15) is 36.5 Å². The van der Waals surface area contributed by atoms with Gasteiger partial charge < -0.3 is 10.6 Å². The average molecular weight is 308 g/mol. The van der Waals surface area contributed by atoms with Gasteiger partial charge in [0.2, 0.25) is 5.91 Å². The van der Waals surface area contributed by atoms with Crippen molar-refractivity contribution in [1.29, 1.82) is 0 Å². The third-order valence-corrected chi connectivity index (χ3v) is 4.40. The standard InChI is InChI=1S/C20H24N2O/c1-2-15-6-8-16(9-7-15)14-22(19-10-11-19)20(23)13-17-4-3-5-18(21)12-17/h3-9,12,19H,2,10-11,13-14,21H2,1H3. The monoisotopic (exact) mass is 308 g/mol. The van der Waals surface area contributed by atoms with Crippen molar-refractivity contribution in [3.63, 3.8) is 0 Å². The Morgan fingerprint density at radius 2 is 1.78 bits per heavy atom. The number of nitrogen functional groups attached to an aromatic ring is 1. The smallest absolute Gasteiger partial charge is 0.227 e. The SMILES string of the molecule is CCc1ccc(CN(C(=O)Cc2cccc(N)c2)C2CC2)cc1. The van der Waals surface area contributed by atoms with Crippen molar-refractivity contribution in [2.45, 2.75) is 45.2 Å². The average Bonchev–Trinajstić information content (AvgIpc) is 3.38. The van der Waals surface area contributed by atoms with E-state index in [4.69, 9.17) is 5.73 Å². The molecule has 0 aromatic heterocycles. The van der Waals surface area contributed by atoms with Crippen LogP contribution in [0.2, 0.25) is 0 Å². The molecular weight excluding hydrogens is 284 g/mol. The van der Waals surface area contributed by atoms with Crippen molar-refractivity contribution in [3.8, 4) is 0 Å². The van der Waals surface area contributed by atoms with Crippen LogP contribution in [0.4, 0.5) is 5.69 Å². The second-order valence-corrected chi connectivity index (χ2v) is 6.34. The van der Waals surface area contributed by atoms with Gasteiger partial charge in [-0.1, -0.05) is 43.3 Å². The Labute approximate surface area is 138 Å². The van der Waals surface area contributed by atoms with E-state index in [2.05, 4.69) is 31.2 Å². The van der Waals surface area contributed by atoms with E-state index < -0.39 is 0 Å². The Morgan fingerprint density at radius 3 is 2.39 bits per heavy atom. The van der Waals surface area contributed by atoms with Crippen molar-refractivity contribution in [2.24, 2.45) is 0 Å². The molecule has 0 unspecified atom stereocenters. The number of anilines is 1. The summed E-state index contributed by atoms with van der Waals surface area (Å²) in [5.74, 6) is 0.192. The summed E-state index contributed by atoms with van der Waals surface area (Å²) in [6, 6.07) is 16.6. The highest BCUT2D eigenvalue weighted by Gasteiger charge is 2.32. The van der Waals surface area contributed by atoms with E-state index in [-0.39, 0.29) is 5.91 Å². The largest absolute Gasteiger partial charge is 0.399 e. The molecule has 0 bridgehead atoms. The molecule has 23 heavy (non-hydrogen) atoms. The van der Waals surface area contributed by atoms with Gasteiger partial charge in [-0.2, -0.15) is 0 Å². The van der Waals surface area contributed by atoms with Crippen LogP contribution >= 0.6 is 0 Å². The number of hydrogen-bond acceptors (Lipinski definition) is 2. The van der Waals surface area contributed by atoms with Crippen molar-refractivity contribution < 1.29 is 4.79 Å². The second-order valence-electron chi connectivity index (χ2n) is 6.34. The van der Waals surface area contributed by atoms with Gasteiger partial charge in [-0.05, 0) is 48.1 Å². The van der Waals surface area contributed by atoms with Gasteiger partial charge in [0.05, 0.1) is 6.42 Å². The predicted molar refractivity (Wildman–Crippen MR) is 94.0 cm³/mol. The number of nitrogens with two attached hydrogens (primary N) is 1. The normalized spacial score (nSPS) is 13.8. The molecule has 0 heterocycles. The zero-order valence-corrected chi connectivity index (χ0v) is 13.7. The highest BCUT2D eigenvalue weighted by Crippen LogP contribution is 2.29. The van der Waals surface area contributed by atoms with Gasteiger partial charge >= 0.3 is 0 Å². The molecule has 1 aliphatic rings. The molecule has 3 nitrogen and oxygen atoms in total. The third kappa shape index (κ3) is 4.13. The van der Waals surface area contributed by atoms with Gasteiger partial charge in [0.25, 0.3) is 0 Å².